The molecule has 1 heteroatoms. The number of benzene rings is 10. The van der Waals surface area contributed by atoms with Crippen LogP contribution in [0.2, 0.25) is 0 Å². The molecule has 0 aromatic heterocycles. The Balaban J connectivity index is 0.00000281. The molecule has 10 rings (SSSR count). The van der Waals surface area contributed by atoms with Crippen LogP contribution in [0.1, 0.15) is 0 Å². The molecule has 0 saturated carbocycles. The topological polar surface area (TPSA) is 0 Å². The van der Waals surface area contributed by atoms with Gasteiger partial charge in [0.2, 0.25) is 0 Å². The average molecular weight is 642 g/mol. The van der Waals surface area contributed by atoms with Crippen molar-refractivity contribution in [1.82, 2.24) is 0 Å². The Labute approximate surface area is 285 Å². The molecular formula is C44H24Y-2. The number of hydrogen-bond acceptors (Lipinski definition) is 0. The van der Waals surface area contributed by atoms with E-state index in [9.17, 15) is 0 Å². The van der Waals surface area contributed by atoms with Gasteiger partial charge >= 0.3 is 0 Å². The predicted molar refractivity (Wildman–Crippen MR) is 190 cm³/mol. The first-order valence-electron chi connectivity index (χ1n) is 15.2. The zero-order chi connectivity index (χ0) is 28.8. The van der Waals surface area contributed by atoms with Crippen molar-refractivity contribution in [3.05, 3.63) is 158 Å². The summed E-state index contributed by atoms with van der Waals surface area (Å²) in [6.07, 6.45) is 0. The number of fused-ring (bicyclic) bond motifs is 8. The van der Waals surface area contributed by atoms with Gasteiger partial charge in [0.25, 0.3) is 0 Å². The fourth-order valence-electron chi connectivity index (χ4n) is 7.14. The molecule has 1 radical (unpaired) electrons. The molecule has 205 valence electrons. The summed E-state index contributed by atoms with van der Waals surface area (Å²) < 4.78 is 0. The van der Waals surface area contributed by atoms with Crippen molar-refractivity contribution < 1.29 is 32.7 Å². The first kappa shape index (κ1) is 26.8. The third-order valence-corrected chi connectivity index (χ3v) is 9.39. The Kier molecular flexibility index (Phi) is 6.07. The van der Waals surface area contributed by atoms with Crippen molar-refractivity contribution in [2.75, 3.05) is 0 Å². The van der Waals surface area contributed by atoms with Crippen molar-refractivity contribution in [2.45, 2.75) is 0 Å². The molecule has 10 aromatic carbocycles. The SMILES string of the molecule is [Y].[c-]1ccc2cc3cc4cc5ccccc5cc4cc3cc2c1-c1[c-]c2cc3cc4cc5ccccc5cc4cc3cc2cc1. The van der Waals surface area contributed by atoms with Crippen LogP contribution < -0.4 is 0 Å². The van der Waals surface area contributed by atoms with E-state index in [-0.39, 0.29) is 32.7 Å². The fourth-order valence-corrected chi connectivity index (χ4v) is 7.14. The van der Waals surface area contributed by atoms with Gasteiger partial charge in [-0.25, -0.2) is 5.56 Å². The molecule has 0 atom stereocenters. The molecule has 45 heavy (non-hydrogen) atoms. The number of rotatable bonds is 1. The summed E-state index contributed by atoms with van der Waals surface area (Å²) >= 11 is 0. The molecule has 0 aliphatic heterocycles. The van der Waals surface area contributed by atoms with Crippen LogP contribution in [0.15, 0.2) is 146 Å². The molecule has 0 spiro atoms. The monoisotopic (exact) mass is 641 g/mol. The fraction of sp³-hybridized carbons (Fsp3) is 0. The van der Waals surface area contributed by atoms with Crippen LogP contribution in [0.4, 0.5) is 0 Å². The largest absolute Gasteiger partial charge is 0.202 e. The van der Waals surface area contributed by atoms with Gasteiger partial charge in [-0.2, -0.15) is 29.8 Å². The van der Waals surface area contributed by atoms with Gasteiger partial charge in [-0.05, 0) is 102 Å². The van der Waals surface area contributed by atoms with E-state index in [1.165, 1.54) is 80.8 Å². The van der Waals surface area contributed by atoms with Crippen molar-refractivity contribution in [3.8, 4) is 11.1 Å². The molecule has 0 nitrogen and oxygen atoms in total. The maximum absolute atomic E-state index is 3.77. The minimum absolute atomic E-state index is 0. The van der Waals surface area contributed by atoms with Crippen LogP contribution in [0.25, 0.3) is 97.3 Å². The zero-order valence-corrected chi connectivity index (χ0v) is 27.3. The van der Waals surface area contributed by atoms with E-state index < -0.39 is 0 Å². The summed E-state index contributed by atoms with van der Waals surface area (Å²) in [5, 5.41) is 19.9. The molecule has 0 aliphatic rings. The normalized spacial score (nSPS) is 11.8. The summed E-state index contributed by atoms with van der Waals surface area (Å²) in [6, 6.07) is 60.9. The first-order valence-corrected chi connectivity index (χ1v) is 15.2. The van der Waals surface area contributed by atoms with E-state index in [0.29, 0.717) is 0 Å². The standard InChI is InChI=1S/C44H24.Y/c1-2-8-29-16-37-24-41-21-34-20-33(13-12-31(34)18-39(41)22-35(37)14-27(29)6-1)43-11-5-10-32-19-40-23-36-15-28-7-3-4-9-30(28)17-38(36)25-42(40)26-44(32)43;/h1-10,12-19,21-26H;/q-2;. The summed E-state index contributed by atoms with van der Waals surface area (Å²) in [7, 11) is 0. The van der Waals surface area contributed by atoms with E-state index >= 15 is 0 Å². The molecule has 0 aliphatic carbocycles. The predicted octanol–water partition coefficient (Wildman–Crippen LogP) is 12.2. The van der Waals surface area contributed by atoms with E-state index in [2.05, 4.69) is 152 Å². The zero-order valence-electron chi connectivity index (χ0n) is 24.4. The van der Waals surface area contributed by atoms with Crippen LogP contribution in [0.3, 0.4) is 0 Å². The Hall–Kier alpha value is -4.62. The molecule has 0 amide bonds. The van der Waals surface area contributed by atoms with E-state index in [0.717, 1.165) is 16.5 Å². The Morgan fingerprint density at radius 2 is 0.756 bits per heavy atom. The summed E-state index contributed by atoms with van der Waals surface area (Å²) in [5.74, 6) is 0. The van der Waals surface area contributed by atoms with Crippen LogP contribution in [-0.2, 0) is 32.7 Å². The molecule has 10 aromatic rings. The second-order valence-corrected chi connectivity index (χ2v) is 12.1. The van der Waals surface area contributed by atoms with Crippen LogP contribution in [-0.4, -0.2) is 0 Å². The van der Waals surface area contributed by atoms with Gasteiger partial charge in [-0.3, -0.25) is 0 Å². The molecule has 0 heterocycles. The minimum atomic E-state index is 0. The Morgan fingerprint density at radius 3 is 1.29 bits per heavy atom. The third-order valence-electron chi connectivity index (χ3n) is 9.39. The van der Waals surface area contributed by atoms with Crippen molar-refractivity contribution in [1.29, 1.82) is 0 Å². The van der Waals surface area contributed by atoms with Crippen molar-refractivity contribution in [2.24, 2.45) is 0 Å². The third kappa shape index (κ3) is 4.36. The van der Waals surface area contributed by atoms with Gasteiger partial charge in [-0.15, -0.1) is 34.4 Å². The van der Waals surface area contributed by atoms with Gasteiger partial charge in [0.05, 0.1) is 0 Å². The summed E-state index contributed by atoms with van der Waals surface area (Å²) in [5.41, 5.74) is 2.16. The van der Waals surface area contributed by atoms with Crippen LogP contribution in [0, 0.1) is 12.1 Å². The van der Waals surface area contributed by atoms with Gasteiger partial charge < -0.3 is 0 Å². The summed E-state index contributed by atoms with van der Waals surface area (Å²) in [4.78, 5) is 0. The Bertz CT molecular complexity index is 2820. The molecule has 0 N–H and O–H groups in total. The van der Waals surface area contributed by atoms with E-state index in [4.69, 9.17) is 0 Å². The molecule has 0 fully saturated rings. The molecular weight excluding hydrogens is 617 g/mol. The number of hydrogen-bond donors (Lipinski definition) is 0. The van der Waals surface area contributed by atoms with E-state index in [1.807, 2.05) is 6.07 Å². The molecule has 0 saturated heterocycles. The van der Waals surface area contributed by atoms with E-state index in [1.54, 1.807) is 0 Å². The van der Waals surface area contributed by atoms with Gasteiger partial charge in [0.15, 0.2) is 0 Å². The molecule has 0 unspecified atom stereocenters. The van der Waals surface area contributed by atoms with Gasteiger partial charge in [-0.1, -0.05) is 83.6 Å². The maximum Gasteiger partial charge on any atom is 0 e. The quantitative estimate of drug-likeness (QED) is 0.124. The Morgan fingerprint density at radius 1 is 0.333 bits per heavy atom. The van der Waals surface area contributed by atoms with Crippen LogP contribution in [0.5, 0.6) is 0 Å². The van der Waals surface area contributed by atoms with Crippen molar-refractivity contribution in [3.63, 3.8) is 0 Å². The molecule has 0 bridgehead atoms. The van der Waals surface area contributed by atoms with Gasteiger partial charge in [0, 0.05) is 32.7 Å². The summed E-state index contributed by atoms with van der Waals surface area (Å²) in [6.45, 7) is 0. The smallest absolute Gasteiger partial charge is 0 e. The average Bonchev–Trinajstić information content (AvgIpc) is 3.05. The second-order valence-electron chi connectivity index (χ2n) is 12.1. The second kappa shape index (κ2) is 10.2. The van der Waals surface area contributed by atoms with Crippen molar-refractivity contribution >= 4 is 86.2 Å². The van der Waals surface area contributed by atoms with Gasteiger partial charge in [0.1, 0.15) is 0 Å². The maximum atomic E-state index is 3.77. The minimum Gasteiger partial charge on any atom is -0.202 e. The van der Waals surface area contributed by atoms with Crippen LogP contribution >= 0.6 is 0 Å². The first-order chi connectivity index (χ1) is 21.7.